The molecular formula is C28H29FN6O3S. The molecule has 9 nitrogen and oxygen atoms in total. The number of hydrogen-bond donors (Lipinski definition) is 2. The van der Waals surface area contributed by atoms with E-state index in [0.29, 0.717) is 43.4 Å². The lowest BCUT2D eigenvalue weighted by molar-refractivity contribution is -0.127. The molecule has 2 amide bonds. The number of hydrogen-bond acceptors (Lipinski definition) is 7. The second-order valence-electron chi connectivity index (χ2n) is 9.12. The highest BCUT2D eigenvalue weighted by molar-refractivity contribution is 7.99. The highest BCUT2D eigenvalue weighted by Gasteiger charge is 2.19. The Hall–Kier alpha value is -4.12. The van der Waals surface area contributed by atoms with E-state index in [0.717, 1.165) is 46.3 Å². The SMILES string of the molecule is Cn1c(Nc2cccc(SCF)c2)nc2cc(Oc3ccnc(C(=O)NCCCN4CCCC4=O)c3)ccc21. The predicted molar refractivity (Wildman–Crippen MR) is 149 cm³/mol. The maximum absolute atomic E-state index is 12.7. The fraction of sp³-hybridized carbons (Fsp3) is 0.286. The third kappa shape index (κ3) is 6.48. The summed E-state index contributed by atoms with van der Waals surface area (Å²) >= 11 is 1.13. The number of benzene rings is 2. The van der Waals surface area contributed by atoms with Gasteiger partial charge in [0.05, 0.1) is 11.0 Å². The van der Waals surface area contributed by atoms with Crippen LogP contribution in [0, 0.1) is 0 Å². The van der Waals surface area contributed by atoms with Gasteiger partial charge in [-0.25, -0.2) is 9.37 Å². The summed E-state index contributed by atoms with van der Waals surface area (Å²) in [7, 11) is 1.91. The number of carbonyl (C=O) groups excluding carboxylic acids is 2. The molecule has 3 heterocycles. The van der Waals surface area contributed by atoms with Gasteiger partial charge < -0.3 is 24.8 Å². The van der Waals surface area contributed by atoms with Gasteiger partial charge in [-0.1, -0.05) is 17.8 Å². The molecule has 1 fully saturated rings. The molecule has 0 spiro atoms. The Bertz CT molecular complexity index is 1490. The topological polar surface area (TPSA) is 101 Å². The second-order valence-corrected chi connectivity index (χ2v) is 10.1. The summed E-state index contributed by atoms with van der Waals surface area (Å²) < 4.78 is 20.7. The summed E-state index contributed by atoms with van der Waals surface area (Å²) in [5, 5.41) is 6.15. The molecule has 0 unspecified atom stereocenters. The monoisotopic (exact) mass is 548 g/mol. The van der Waals surface area contributed by atoms with Crippen LogP contribution >= 0.6 is 11.8 Å². The normalized spacial score (nSPS) is 13.2. The third-order valence-electron chi connectivity index (χ3n) is 6.43. The number of halogens is 1. The lowest BCUT2D eigenvalue weighted by Crippen LogP contribution is -2.30. The largest absolute Gasteiger partial charge is 0.457 e. The maximum atomic E-state index is 12.7. The quantitative estimate of drug-likeness (QED) is 0.195. The number of nitrogens with one attached hydrogen (secondary N) is 2. The summed E-state index contributed by atoms with van der Waals surface area (Å²) in [5.74, 6) is 1.58. The molecule has 1 saturated heterocycles. The standard InChI is InChI=1S/C28H29FN6O3S/c1-34-25-9-8-20(16-23(25)33-28(34)32-19-5-2-6-22(15-19)39-18-29)38-21-10-12-30-24(17-21)27(37)31-11-4-14-35-13-3-7-26(35)36/h2,5-6,8-10,12,15-17H,3-4,7,11,13-14,18H2,1H3,(H,31,37)(H,32,33). The van der Waals surface area contributed by atoms with Crippen LogP contribution in [0.1, 0.15) is 29.8 Å². The van der Waals surface area contributed by atoms with Gasteiger partial charge in [0, 0.05) is 62.0 Å². The van der Waals surface area contributed by atoms with Gasteiger partial charge in [0.15, 0.2) is 0 Å². The first kappa shape index (κ1) is 26.5. The number of nitrogens with zero attached hydrogens (tertiary/aromatic N) is 4. The fourth-order valence-corrected chi connectivity index (χ4v) is 4.96. The Kier molecular flexibility index (Phi) is 8.26. The van der Waals surface area contributed by atoms with Crippen molar-refractivity contribution >= 4 is 46.2 Å². The molecule has 2 N–H and O–H groups in total. The van der Waals surface area contributed by atoms with Crippen LogP contribution in [0.25, 0.3) is 11.0 Å². The Morgan fingerprint density at radius 3 is 2.85 bits per heavy atom. The first-order valence-electron chi connectivity index (χ1n) is 12.7. The van der Waals surface area contributed by atoms with E-state index in [1.807, 2.05) is 59.0 Å². The van der Waals surface area contributed by atoms with Crippen molar-refractivity contribution in [3.63, 3.8) is 0 Å². The molecule has 39 heavy (non-hydrogen) atoms. The number of pyridine rings is 1. The summed E-state index contributed by atoms with van der Waals surface area (Å²) in [6.07, 6.45) is 3.74. The Labute approximate surface area is 229 Å². The van der Waals surface area contributed by atoms with Crippen LogP contribution in [-0.4, -0.2) is 56.9 Å². The third-order valence-corrected chi connectivity index (χ3v) is 7.12. The van der Waals surface area contributed by atoms with Crippen molar-refractivity contribution in [3.8, 4) is 11.5 Å². The van der Waals surface area contributed by atoms with E-state index < -0.39 is 6.01 Å². The van der Waals surface area contributed by atoms with Gasteiger partial charge in [0.1, 0.15) is 23.2 Å². The van der Waals surface area contributed by atoms with Gasteiger partial charge in [-0.15, -0.1) is 0 Å². The average molecular weight is 549 g/mol. The van der Waals surface area contributed by atoms with Crippen molar-refractivity contribution in [2.45, 2.75) is 24.2 Å². The van der Waals surface area contributed by atoms with Crippen molar-refractivity contribution < 1.29 is 18.7 Å². The molecule has 4 aromatic rings. The first-order valence-corrected chi connectivity index (χ1v) is 13.7. The van der Waals surface area contributed by atoms with Crippen molar-refractivity contribution in [2.75, 3.05) is 31.0 Å². The number of rotatable bonds is 11. The summed E-state index contributed by atoms with van der Waals surface area (Å²) in [6.45, 7) is 1.90. The molecule has 0 bridgehead atoms. The summed E-state index contributed by atoms with van der Waals surface area (Å²) in [4.78, 5) is 35.8. The zero-order valence-electron chi connectivity index (χ0n) is 21.5. The number of anilines is 2. The van der Waals surface area contributed by atoms with Gasteiger partial charge in [-0.2, -0.15) is 0 Å². The number of likely N-dealkylation sites (tertiary alicyclic amines) is 1. The first-order chi connectivity index (χ1) is 19.0. The zero-order valence-corrected chi connectivity index (χ0v) is 22.3. The van der Waals surface area contributed by atoms with E-state index in [2.05, 4.69) is 15.6 Å². The van der Waals surface area contributed by atoms with Crippen molar-refractivity contribution in [2.24, 2.45) is 7.05 Å². The number of carbonyl (C=O) groups is 2. The van der Waals surface area contributed by atoms with Crippen LogP contribution in [0.2, 0.25) is 0 Å². The highest BCUT2D eigenvalue weighted by atomic mass is 32.2. The van der Waals surface area contributed by atoms with E-state index in [4.69, 9.17) is 9.72 Å². The van der Waals surface area contributed by atoms with Crippen molar-refractivity contribution in [1.29, 1.82) is 0 Å². The van der Waals surface area contributed by atoms with Gasteiger partial charge in [-0.05, 0) is 49.2 Å². The molecule has 0 atom stereocenters. The number of fused-ring (bicyclic) bond motifs is 1. The number of thioether (sulfide) groups is 1. The van der Waals surface area contributed by atoms with E-state index in [9.17, 15) is 14.0 Å². The molecule has 2 aromatic carbocycles. The highest BCUT2D eigenvalue weighted by Crippen LogP contribution is 2.29. The smallest absolute Gasteiger partial charge is 0.270 e. The number of alkyl halides is 1. The van der Waals surface area contributed by atoms with Crippen LogP contribution in [0.5, 0.6) is 11.5 Å². The number of aryl methyl sites for hydroxylation is 1. The van der Waals surface area contributed by atoms with E-state index in [1.54, 1.807) is 12.1 Å². The lowest BCUT2D eigenvalue weighted by Gasteiger charge is -2.15. The minimum atomic E-state index is -0.482. The van der Waals surface area contributed by atoms with Gasteiger partial charge >= 0.3 is 0 Å². The number of ether oxygens (including phenoxy) is 1. The average Bonchev–Trinajstić information content (AvgIpc) is 3.48. The molecule has 5 rings (SSSR count). The summed E-state index contributed by atoms with van der Waals surface area (Å²) in [6, 6.07) is 15.9. The number of imidazole rings is 1. The molecule has 202 valence electrons. The minimum Gasteiger partial charge on any atom is -0.457 e. The molecule has 11 heteroatoms. The van der Waals surface area contributed by atoms with Crippen LogP contribution in [0.15, 0.2) is 65.7 Å². The molecule has 1 aliphatic rings. The van der Waals surface area contributed by atoms with Crippen molar-refractivity contribution in [1.82, 2.24) is 24.8 Å². The van der Waals surface area contributed by atoms with E-state index in [1.165, 1.54) is 6.20 Å². The van der Waals surface area contributed by atoms with E-state index in [-0.39, 0.29) is 17.5 Å². The van der Waals surface area contributed by atoms with Gasteiger partial charge in [0.25, 0.3) is 5.91 Å². The minimum absolute atomic E-state index is 0.184. The Balaban J connectivity index is 1.21. The number of aromatic nitrogens is 3. The van der Waals surface area contributed by atoms with Crippen LogP contribution in [0.3, 0.4) is 0 Å². The Morgan fingerprint density at radius 2 is 2.03 bits per heavy atom. The number of amides is 2. The van der Waals surface area contributed by atoms with E-state index >= 15 is 0 Å². The molecule has 0 radical (unpaired) electrons. The maximum Gasteiger partial charge on any atom is 0.270 e. The molecule has 1 aliphatic heterocycles. The fourth-order valence-electron chi connectivity index (χ4n) is 4.45. The van der Waals surface area contributed by atoms with Crippen LogP contribution in [0.4, 0.5) is 16.0 Å². The van der Waals surface area contributed by atoms with Crippen LogP contribution < -0.4 is 15.4 Å². The molecule has 0 saturated carbocycles. The second kappa shape index (κ2) is 12.2. The molecule has 0 aliphatic carbocycles. The Morgan fingerprint density at radius 1 is 1.15 bits per heavy atom. The summed E-state index contributed by atoms with van der Waals surface area (Å²) in [5.41, 5.74) is 2.71. The van der Waals surface area contributed by atoms with Gasteiger partial charge in [0.2, 0.25) is 11.9 Å². The molecule has 2 aromatic heterocycles. The van der Waals surface area contributed by atoms with Crippen molar-refractivity contribution in [3.05, 3.63) is 66.5 Å². The lowest BCUT2D eigenvalue weighted by atomic mass is 10.3. The predicted octanol–water partition coefficient (Wildman–Crippen LogP) is 5.27. The van der Waals surface area contributed by atoms with Gasteiger partial charge in [-0.3, -0.25) is 14.6 Å². The van der Waals surface area contributed by atoms with Crippen LogP contribution in [-0.2, 0) is 11.8 Å². The zero-order chi connectivity index (χ0) is 27.2. The molecular weight excluding hydrogens is 519 g/mol.